The molecule has 2 N–H and O–H groups in total. The zero-order valence-corrected chi connectivity index (χ0v) is 13.8. The van der Waals surface area contributed by atoms with Crippen LogP contribution < -0.4 is 5.14 Å². The summed E-state index contributed by atoms with van der Waals surface area (Å²) in [5.41, 5.74) is -0.311. The third kappa shape index (κ3) is 9.41. The van der Waals surface area contributed by atoms with Crippen LogP contribution in [0, 0.1) is 11.3 Å². The van der Waals surface area contributed by atoms with Crippen LogP contribution in [0.2, 0.25) is 0 Å². The maximum Gasteiger partial charge on any atom is 0.209 e. The summed E-state index contributed by atoms with van der Waals surface area (Å²) in [5, 5.41) is 5.25. The summed E-state index contributed by atoms with van der Waals surface area (Å²) in [4.78, 5) is 0. The lowest BCUT2D eigenvalue weighted by atomic mass is 9.82. The fourth-order valence-corrected chi connectivity index (χ4v) is 3.78. The molecule has 0 unspecified atom stereocenters. The minimum absolute atomic E-state index is 0.0311. The van der Waals surface area contributed by atoms with Crippen molar-refractivity contribution in [2.45, 2.75) is 59.8 Å². The van der Waals surface area contributed by atoms with E-state index in [1.165, 1.54) is 0 Å². The van der Waals surface area contributed by atoms with Gasteiger partial charge in [0.1, 0.15) is 0 Å². The Morgan fingerprint density at radius 2 is 1.68 bits per heavy atom. The van der Waals surface area contributed by atoms with E-state index in [0.717, 1.165) is 32.1 Å². The van der Waals surface area contributed by atoms with Gasteiger partial charge in [-0.1, -0.05) is 40.5 Å². The lowest BCUT2D eigenvalue weighted by molar-refractivity contribution is 0.0387. The minimum atomic E-state index is -3.46. The standard InChI is InChI=1S/C14H31NO3S/c1-5-8-14(9-6-2,12-19(15,16)17)11-18-10-7-13(3)4/h13H,5-12H2,1-4H3,(H2,15,16,17). The Kier molecular flexibility index (Phi) is 8.86. The van der Waals surface area contributed by atoms with E-state index in [1.54, 1.807) is 0 Å². The summed E-state index contributed by atoms with van der Waals surface area (Å²) in [5.74, 6) is 0.633. The Hall–Kier alpha value is -0.130. The molecule has 0 aliphatic carbocycles. The van der Waals surface area contributed by atoms with Crippen LogP contribution in [0.4, 0.5) is 0 Å². The highest BCUT2D eigenvalue weighted by Gasteiger charge is 2.33. The monoisotopic (exact) mass is 293 g/mol. The Balaban J connectivity index is 4.61. The summed E-state index contributed by atoms with van der Waals surface area (Å²) in [6.45, 7) is 9.64. The van der Waals surface area contributed by atoms with Gasteiger partial charge in [0, 0.05) is 12.0 Å². The number of rotatable bonds is 11. The number of hydrogen-bond acceptors (Lipinski definition) is 3. The Morgan fingerprint density at radius 1 is 1.16 bits per heavy atom. The van der Waals surface area contributed by atoms with E-state index in [1.807, 2.05) is 0 Å². The molecule has 0 heterocycles. The molecular weight excluding hydrogens is 262 g/mol. The van der Waals surface area contributed by atoms with Gasteiger partial charge in [-0.15, -0.1) is 0 Å². The third-order valence-electron chi connectivity index (χ3n) is 3.32. The van der Waals surface area contributed by atoms with Gasteiger partial charge in [-0.25, -0.2) is 13.6 Å². The first-order valence-electron chi connectivity index (χ1n) is 7.33. The average molecular weight is 293 g/mol. The number of primary sulfonamides is 1. The van der Waals surface area contributed by atoms with E-state index < -0.39 is 10.0 Å². The van der Waals surface area contributed by atoms with Crippen LogP contribution in [-0.4, -0.2) is 27.4 Å². The van der Waals surface area contributed by atoms with Crippen LogP contribution in [0.15, 0.2) is 0 Å². The molecule has 5 heteroatoms. The number of hydrogen-bond donors (Lipinski definition) is 1. The molecule has 0 aliphatic heterocycles. The Bertz CT molecular complexity index is 320. The predicted molar refractivity (Wildman–Crippen MR) is 80.5 cm³/mol. The molecule has 0 saturated heterocycles. The largest absolute Gasteiger partial charge is 0.381 e. The maximum absolute atomic E-state index is 11.5. The summed E-state index contributed by atoms with van der Waals surface area (Å²) in [6, 6.07) is 0. The normalized spacial score (nSPS) is 13.2. The van der Waals surface area contributed by atoms with Crippen LogP contribution in [0.3, 0.4) is 0 Å². The molecule has 0 radical (unpaired) electrons. The molecule has 0 aromatic carbocycles. The molecule has 0 aromatic heterocycles. The van der Waals surface area contributed by atoms with Crippen LogP contribution in [0.5, 0.6) is 0 Å². The van der Waals surface area contributed by atoms with Gasteiger partial charge in [-0.3, -0.25) is 0 Å². The molecule has 19 heavy (non-hydrogen) atoms. The molecule has 0 saturated carbocycles. The lowest BCUT2D eigenvalue weighted by Crippen LogP contribution is -2.37. The number of sulfonamides is 1. The van der Waals surface area contributed by atoms with Gasteiger partial charge in [0.15, 0.2) is 0 Å². The highest BCUT2D eigenvalue weighted by molar-refractivity contribution is 7.89. The van der Waals surface area contributed by atoms with Crippen molar-refractivity contribution in [3.05, 3.63) is 0 Å². The van der Waals surface area contributed by atoms with Crippen molar-refractivity contribution in [3.63, 3.8) is 0 Å². The Morgan fingerprint density at radius 3 is 2.05 bits per heavy atom. The first-order chi connectivity index (χ1) is 8.74. The molecule has 0 bridgehead atoms. The maximum atomic E-state index is 11.5. The van der Waals surface area contributed by atoms with Crippen molar-refractivity contribution in [1.82, 2.24) is 0 Å². The van der Waals surface area contributed by atoms with E-state index in [0.29, 0.717) is 19.1 Å². The van der Waals surface area contributed by atoms with Gasteiger partial charge >= 0.3 is 0 Å². The van der Waals surface area contributed by atoms with Crippen molar-refractivity contribution in [3.8, 4) is 0 Å². The SMILES string of the molecule is CCCC(CCC)(COCCC(C)C)CS(N)(=O)=O. The second-order valence-electron chi connectivity index (χ2n) is 6.04. The van der Waals surface area contributed by atoms with E-state index >= 15 is 0 Å². The topological polar surface area (TPSA) is 69.4 Å². The van der Waals surface area contributed by atoms with Crippen molar-refractivity contribution in [2.24, 2.45) is 16.5 Å². The molecule has 116 valence electrons. The molecule has 0 aliphatic rings. The first kappa shape index (κ1) is 18.9. The third-order valence-corrected chi connectivity index (χ3v) is 4.33. The lowest BCUT2D eigenvalue weighted by Gasteiger charge is -2.32. The van der Waals surface area contributed by atoms with E-state index in [9.17, 15) is 8.42 Å². The van der Waals surface area contributed by atoms with Gasteiger partial charge in [-0.2, -0.15) is 0 Å². The summed E-state index contributed by atoms with van der Waals surface area (Å²) in [6.07, 6.45) is 4.59. The molecular formula is C14H31NO3S. The average Bonchev–Trinajstić information content (AvgIpc) is 2.22. The molecule has 0 atom stereocenters. The Labute approximate surface area is 119 Å². The molecule has 0 rings (SSSR count). The molecule has 0 spiro atoms. The molecule has 0 fully saturated rings. The summed E-state index contributed by atoms with van der Waals surface area (Å²) in [7, 11) is -3.46. The minimum Gasteiger partial charge on any atom is -0.381 e. The fraction of sp³-hybridized carbons (Fsp3) is 1.00. The van der Waals surface area contributed by atoms with Gasteiger partial charge in [-0.05, 0) is 25.2 Å². The smallest absolute Gasteiger partial charge is 0.209 e. The summed E-state index contributed by atoms with van der Waals surface area (Å²) >= 11 is 0. The highest BCUT2D eigenvalue weighted by atomic mass is 32.2. The quantitative estimate of drug-likeness (QED) is 0.595. The fourth-order valence-electron chi connectivity index (χ4n) is 2.55. The van der Waals surface area contributed by atoms with Crippen LogP contribution in [0.25, 0.3) is 0 Å². The second-order valence-corrected chi connectivity index (χ2v) is 7.66. The zero-order chi connectivity index (χ0) is 14.9. The number of nitrogens with two attached hydrogens (primary N) is 1. The van der Waals surface area contributed by atoms with E-state index in [2.05, 4.69) is 27.7 Å². The van der Waals surface area contributed by atoms with Crippen LogP contribution >= 0.6 is 0 Å². The van der Waals surface area contributed by atoms with Crippen molar-refractivity contribution < 1.29 is 13.2 Å². The van der Waals surface area contributed by atoms with Gasteiger partial charge in [0.05, 0.1) is 12.4 Å². The molecule has 4 nitrogen and oxygen atoms in total. The zero-order valence-electron chi connectivity index (χ0n) is 12.9. The van der Waals surface area contributed by atoms with E-state index in [-0.39, 0.29) is 11.2 Å². The highest BCUT2D eigenvalue weighted by Crippen LogP contribution is 2.31. The second kappa shape index (κ2) is 8.93. The van der Waals surface area contributed by atoms with Gasteiger partial charge < -0.3 is 4.74 Å². The van der Waals surface area contributed by atoms with E-state index in [4.69, 9.17) is 9.88 Å². The number of ether oxygens (including phenoxy) is 1. The van der Waals surface area contributed by atoms with Crippen molar-refractivity contribution >= 4 is 10.0 Å². The summed E-state index contributed by atoms with van der Waals surface area (Å²) < 4.78 is 28.7. The molecule has 0 amide bonds. The van der Waals surface area contributed by atoms with Crippen molar-refractivity contribution in [1.29, 1.82) is 0 Å². The first-order valence-corrected chi connectivity index (χ1v) is 9.04. The van der Waals surface area contributed by atoms with Crippen molar-refractivity contribution in [2.75, 3.05) is 19.0 Å². The van der Waals surface area contributed by atoms with Gasteiger partial charge in [0.2, 0.25) is 10.0 Å². The molecule has 0 aromatic rings. The van der Waals surface area contributed by atoms with Crippen LogP contribution in [0.1, 0.15) is 59.8 Å². The predicted octanol–water partition coefficient (Wildman–Crippen LogP) is 2.92. The van der Waals surface area contributed by atoms with Gasteiger partial charge in [0.25, 0.3) is 0 Å². The van der Waals surface area contributed by atoms with Crippen LogP contribution in [-0.2, 0) is 14.8 Å².